The summed E-state index contributed by atoms with van der Waals surface area (Å²) in [5.41, 5.74) is 2.60. The standard InChI is InChI=1S/C38H44N6O4/c1-4-27(2)35(44(28(3)45)37-21-40-26-42(37)22-30-17-15-29(20-39)16-18-30)24-41(23-32-12-9-11-31-10-5-6-13-33(31)32)25-36(46)34-14-7-8-19-43(34)38(47)48/h5-6,9-13,15-18,21,26-27,34-35H,4,7-8,14,19,22-25H2,1-3H3,(H,47,48)/t27-,34?,35+/m0/s1. The van der Waals surface area contributed by atoms with Crippen molar-refractivity contribution in [1.29, 1.82) is 5.26 Å². The highest BCUT2D eigenvalue weighted by Gasteiger charge is 2.35. The van der Waals surface area contributed by atoms with Crippen molar-refractivity contribution >= 4 is 34.4 Å². The molecule has 1 aliphatic rings. The van der Waals surface area contributed by atoms with E-state index in [0.717, 1.165) is 41.2 Å². The molecule has 10 nitrogen and oxygen atoms in total. The third-order valence-electron chi connectivity index (χ3n) is 9.56. The number of Topliss-reactive ketones (excluding diaryl/α,β-unsaturated/α-hetero) is 1. The van der Waals surface area contributed by atoms with Gasteiger partial charge in [0, 0.05) is 26.6 Å². The van der Waals surface area contributed by atoms with Crippen LogP contribution >= 0.6 is 0 Å². The van der Waals surface area contributed by atoms with Gasteiger partial charge in [0.2, 0.25) is 5.91 Å². The number of anilines is 1. The Morgan fingerprint density at radius 2 is 1.81 bits per heavy atom. The number of amides is 2. The van der Waals surface area contributed by atoms with Gasteiger partial charge in [0.15, 0.2) is 5.78 Å². The zero-order valence-corrected chi connectivity index (χ0v) is 28.0. The SMILES string of the molecule is CC[C@H](C)[C@@H](CN(CC(=O)C1CCCCN1C(=O)O)Cc1cccc2ccccc12)N(C(C)=O)c1cncn1Cc1ccc(C#N)cc1. The lowest BCUT2D eigenvalue weighted by atomic mass is 9.95. The number of nitrogens with zero attached hydrogens (tertiary/aromatic N) is 6. The van der Waals surface area contributed by atoms with Gasteiger partial charge in [-0.05, 0) is 59.2 Å². The van der Waals surface area contributed by atoms with E-state index in [4.69, 9.17) is 0 Å². The molecule has 0 bridgehead atoms. The van der Waals surface area contributed by atoms with Crippen LogP contribution in [0.5, 0.6) is 0 Å². The van der Waals surface area contributed by atoms with Crippen LogP contribution in [0.3, 0.4) is 0 Å². The first-order valence-electron chi connectivity index (χ1n) is 16.7. The molecule has 1 N–H and O–H groups in total. The number of carbonyl (C=O) groups is 3. The Kier molecular flexibility index (Phi) is 11.2. The molecule has 10 heteroatoms. The van der Waals surface area contributed by atoms with E-state index < -0.39 is 12.1 Å². The van der Waals surface area contributed by atoms with Crippen LogP contribution in [0.4, 0.5) is 10.6 Å². The zero-order valence-electron chi connectivity index (χ0n) is 28.0. The molecular weight excluding hydrogens is 604 g/mol. The summed E-state index contributed by atoms with van der Waals surface area (Å²) in [6.45, 7) is 7.49. The molecule has 0 spiro atoms. The fourth-order valence-electron chi connectivity index (χ4n) is 6.81. The first-order valence-corrected chi connectivity index (χ1v) is 16.7. The number of nitriles is 1. The zero-order chi connectivity index (χ0) is 34.2. The number of carbonyl (C=O) groups excluding carboxylic acids is 2. The second-order valence-corrected chi connectivity index (χ2v) is 12.8. The maximum Gasteiger partial charge on any atom is 0.407 e. The lowest BCUT2D eigenvalue weighted by Crippen LogP contribution is -2.53. The summed E-state index contributed by atoms with van der Waals surface area (Å²) in [5.74, 6) is 0.448. The summed E-state index contributed by atoms with van der Waals surface area (Å²) in [6.07, 6.45) is 5.20. The lowest BCUT2D eigenvalue weighted by Gasteiger charge is -2.39. The van der Waals surface area contributed by atoms with E-state index >= 15 is 0 Å². The minimum absolute atomic E-state index is 0.0564. The van der Waals surface area contributed by atoms with Gasteiger partial charge in [-0.1, -0.05) is 74.9 Å². The Balaban J connectivity index is 1.50. The maximum absolute atomic E-state index is 14.0. The second kappa shape index (κ2) is 15.7. The Morgan fingerprint density at radius 1 is 1.06 bits per heavy atom. The molecule has 0 aliphatic carbocycles. The monoisotopic (exact) mass is 648 g/mol. The van der Waals surface area contributed by atoms with Gasteiger partial charge >= 0.3 is 6.09 Å². The van der Waals surface area contributed by atoms with Crippen LogP contribution in [0, 0.1) is 17.2 Å². The number of carboxylic acid groups (broad SMARTS) is 1. The minimum atomic E-state index is -1.07. The third kappa shape index (κ3) is 7.92. The first-order chi connectivity index (χ1) is 23.2. The van der Waals surface area contributed by atoms with Crippen molar-refractivity contribution in [3.63, 3.8) is 0 Å². The average Bonchev–Trinajstić information content (AvgIpc) is 3.54. The molecule has 0 radical (unpaired) electrons. The molecule has 1 aromatic heterocycles. The van der Waals surface area contributed by atoms with Crippen LogP contribution in [0.2, 0.25) is 0 Å². The number of ketones is 1. The van der Waals surface area contributed by atoms with E-state index in [1.54, 1.807) is 36.5 Å². The highest BCUT2D eigenvalue weighted by molar-refractivity contribution is 5.91. The molecule has 4 aromatic rings. The van der Waals surface area contributed by atoms with Crippen molar-refractivity contribution in [2.24, 2.45) is 5.92 Å². The largest absolute Gasteiger partial charge is 0.465 e. The number of benzene rings is 3. The summed E-state index contributed by atoms with van der Waals surface area (Å²) in [5, 5.41) is 21.3. The van der Waals surface area contributed by atoms with Crippen LogP contribution in [0.25, 0.3) is 10.8 Å². The molecule has 250 valence electrons. The predicted octanol–water partition coefficient (Wildman–Crippen LogP) is 6.33. The van der Waals surface area contributed by atoms with Crippen molar-refractivity contribution in [1.82, 2.24) is 19.4 Å². The fraction of sp³-hybridized carbons (Fsp3) is 0.395. The van der Waals surface area contributed by atoms with Gasteiger partial charge in [0.25, 0.3) is 0 Å². The van der Waals surface area contributed by atoms with Gasteiger partial charge in [0.05, 0.1) is 49.3 Å². The number of hydrogen-bond acceptors (Lipinski definition) is 6. The van der Waals surface area contributed by atoms with Crippen LogP contribution < -0.4 is 4.90 Å². The molecule has 1 fully saturated rings. The van der Waals surface area contributed by atoms with Gasteiger partial charge in [0.1, 0.15) is 5.82 Å². The first kappa shape index (κ1) is 34.3. The maximum atomic E-state index is 14.0. The molecule has 2 heterocycles. The minimum Gasteiger partial charge on any atom is -0.465 e. The van der Waals surface area contributed by atoms with E-state index in [0.29, 0.717) is 44.0 Å². The summed E-state index contributed by atoms with van der Waals surface area (Å²) in [4.78, 5) is 49.2. The van der Waals surface area contributed by atoms with E-state index in [-0.39, 0.29) is 30.2 Å². The molecule has 2 amide bonds. The summed E-state index contributed by atoms with van der Waals surface area (Å²) < 4.78 is 1.94. The van der Waals surface area contributed by atoms with Crippen LogP contribution in [0.15, 0.2) is 79.3 Å². The molecular formula is C38H44N6O4. The van der Waals surface area contributed by atoms with Crippen molar-refractivity contribution < 1.29 is 19.5 Å². The number of imidazole rings is 1. The van der Waals surface area contributed by atoms with Crippen molar-refractivity contribution in [3.8, 4) is 6.07 Å². The van der Waals surface area contributed by atoms with Crippen molar-refractivity contribution in [3.05, 3.63) is 95.9 Å². The number of fused-ring (bicyclic) bond motifs is 1. The Labute approximate surface area is 282 Å². The lowest BCUT2D eigenvalue weighted by molar-refractivity contribution is -0.126. The highest BCUT2D eigenvalue weighted by atomic mass is 16.4. The van der Waals surface area contributed by atoms with Gasteiger partial charge in [-0.2, -0.15) is 5.26 Å². The molecule has 1 unspecified atom stereocenters. The molecule has 48 heavy (non-hydrogen) atoms. The number of piperidine rings is 1. The second-order valence-electron chi connectivity index (χ2n) is 12.8. The highest BCUT2D eigenvalue weighted by Crippen LogP contribution is 2.28. The summed E-state index contributed by atoms with van der Waals surface area (Å²) >= 11 is 0. The Morgan fingerprint density at radius 3 is 2.52 bits per heavy atom. The van der Waals surface area contributed by atoms with E-state index in [2.05, 4.69) is 54.1 Å². The predicted molar refractivity (Wildman–Crippen MR) is 185 cm³/mol. The molecule has 3 aromatic carbocycles. The van der Waals surface area contributed by atoms with Crippen molar-refractivity contribution in [2.75, 3.05) is 24.5 Å². The summed E-state index contributed by atoms with van der Waals surface area (Å²) in [7, 11) is 0. The van der Waals surface area contributed by atoms with Crippen LogP contribution in [-0.4, -0.2) is 74.0 Å². The van der Waals surface area contributed by atoms with Gasteiger partial charge in [-0.3, -0.25) is 24.3 Å². The molecule has 0 saturated carbocycles. The van der Waals surface area contributed by atoms with Crippen molar-refractivity contribution in [2.45, 2.75) is 71.6 Å². The molecule has 5 rings (SSSR count). The normalized spacial score (nSPS) is 16.0. The van der Waals surface area contributed by atoms with Crippen LogP contribution in [-0.2, 0) is 22.7 Å². The van der Waals surface area contributed by atoms with Gasteiger partial charge < -0.3 is 9.67 Å². The topological polar surface area (TPSA) is 123 Å². The van der Waals surface area contributed by atoms with E-state index in [9.17, 15) is 24.8 Å². The van der Waals surface area contributed by atoms with Crippen LogP contribution in [0.1, 0.15) is 63.1 Å². The summed E-state index contributed by atoms with van der Waals surface area (Å²) in [6, 6.07) is 22.8. The number of aromatic nitrogens is 2. The van der Waals surface area contributed by atoms with E-state index in [1.165, 1.54) is 4.90 Å². The smallest absolute Gasteiger partial charge is 0.407 e. The quantitative estimate of drug-likeness (QED) is 0.180. The van der Waals surface area contributed by atoms with Gasteiger partial charge in [-0.25, -0.2) is 9.78 Å². The number of hydrogen-bond donors (Lipinski definition) is 1. The van der Waals surface area contributed by atoms with E-state index in [1.807, 2.05) is 34.9 Å². The molecule has 3 atom stereocenters. The molecule has 1 saturated heterocycles. The Hall–Kier alpha value is -5.01. The molecule has 1 aliphatic heterocycles. The average molecular weight is 649 g/mol. The Bertz CT molecular complexity index is 1770. The number of likely N-dealkylation sites (tertiary alicyclic amines) is 1. The third-order valence-corrected chi connectivity index (χ3v) is 9.56. The fourth-order valence-corrected chi connectivity index (χ4v) is 6.81. The number of rotatable bonds is 13. The van der Waals surface area contributed by atoms with Gasteiger partial charge in [-0.15, -0.1) is 0 Å².